The standard InChI is InChI=1S/C29H32O15/c1-11-22(34)24(36)26(38)28(40-11)44-27-25(37)23(35)20(10-39-12(2)30)43-29(27)42-19-8-15(32)7-18-21(19)16(33)9-17(41-18)13-3-5-14(31)6-4-13/h3-9,11,20,22-29,31-32,34-38H,10H2,1-2H3/t11-,20-,22+,23-,24-,25+,26+,27-,28+,29-/m1/s1. The van der Waals surface area contributed by atoms with Crippen LogP contribution < -0.4 is 10.2 Å². The third-order valence-electron chi connectivity index (χ3n) is 7.37. The van der Waals surface area contributed by atoms with Crippen LogP contribution in [-0.2, 0) is 23.7 Å². The van der Waals surface area contributed by atoms with Gasteiger partial charge in [0, 0.05) is 30.7 Å². The molecule has 0 aliphatic carbocycles. The molecule has 0 amide bonds. The summed E-state index contributed by atoms with van der Waals surface area (Å²) in [6.07, 6.45) is -15.9. The Hall–Kier alpha value is -3.80. The van der Waals surface area contributed by atoms with Crippen LogP contribution >= 0.6 is 0 Å². The summed E-state index contributed by atoms with van der Waals surface area (Å²) in [7, 11) is 0. The van der Waals surface area contributed by atoms with Gasteiger partial charge in [0.2, 0.25) is 6.29 Å². The molecule has 2 aliphatic rings. The first kappa shape index (κ1) is 31.6. The van der Waals surface area contributed by atoms with E-state index < -0.39 is 79.4 Å². The van der Waals surface area contributed by atoms with E-state index in [2.05, 4.69) is 0 Å². The monoisotopic (exact) mass is 620 g/mol. The van der Waals surface area contributed by atoms with Gasteiger partial charge in [-0.3, -0.25) is 9.59 Å². The summed E-state index contributed by atoms with van der Waals surface area (Å²) >= 11 is 0. The minimum Gasteiger partial charge on any atom is -0.508 e. The number of hydrogen-bond donors (Lipinski definition) is 7. The van der Waals surface area contributed by atoms with Gasteiger partial charge < -0.3 is 63.8 Å². The van der Waals surface area contributed by atoms with Gasteiger partial charge in [-0.15, -0.1) is 0 Å². The zero-order valence-electron chi connectivity index (χ0n) is 23.4. The van der Waals surface area contributed by atoms with Crippen molar-refractivity contribution >= 4 is 16.9 Å². The van der Waals surface area contributed by atoms with E-state index in [1.165, 1.54) is 37.3 Å². The molecule has 2 aromatic carbocycles. The van der Waals surface area contributed by atoms with Gasteiger partial charge >= 0.3 is 5.97 Å². The van der Waals surface area contributed by atoms with Crippen LogP contribution in [-0.4, -0.2) is 110 Å². The van der Waals surface area contributed by atoms with Gasteiger partial charge in [0.05, 0.1) is 6.10 Å². The van der Waals surface area contributed by atoms with E-state index in [9.17, 15) is 45.3 Å². The lowest BCUT2D eigenvalue weighted by atomic mass is 9.97. The first-order chi connectivity index (χ1) is 20.8. The summed E-state index contributed by atoms with van der Waals surface area (Å²) in [5.74, 6) is -1.26. The van der Waals surface area contributed by atoms with E-state index >= 15 is 0 Å². The Morgan fingerprint density at radius 2 is 1.55 bits per heavy atom. The zero-order valence-corrected chi connectivity index (χ0v) is 23.4. The topological polar surface area (TPSA) is 235 Å². The molecule has 1 aromatic heterocycles. The van der Waals surface area contributed by atoms with Crippen molar-refractivity contribution in [2.75, 3.05) is 6.61 Å². The predicted molar refractivity (Wildman–Crippen MR) is 146 cm³/mol. The van der Waals surface area contributed by atoms with Gasteiger partial charge in [-0.2, -0.15) is 0 Å². The van der Waals surface area contributed by atoms with Crippen LogP contribution in [0.3, 0.4) is 0 Å². The second-order valence-corrected chi connectivity index (χ2v) is 10.6. The second kappa shape index (κ2) is 12.7. The number of carbonyl (C=O) groups is 1. The largest absolute Gasteiger partial charge is 0.508 e. The number of aromatic hydroxyl groups is 2. The molecule has 15 nitrogen and oxygen atoms in total. The Labute approximate surface area is 249 Å². The highest BCUT2D eigenvalue weighted by molar-refractivity contribution is 5.86. The van der Waals surface area contributed by atoms with E-state index in [-0.39, 0.29) is 34.0 Å². The SMILES string of the molecule is CC(=O)OC[C@H]1O[C@@H](Oc2cc(O)cc3oc(-c4ccc(O)cc4)cc(=O)c23)[C@H](O[C@@H]2O[C@H](C)[C@H](O)[C@@H](O)[C@@H]2O)[C@@H](O)[C@@H]1O. The quantitative estimate of drug-likeness (QED) is 0.165. The lowest BCUT2D eigenvalue weighted by molar-refractivity contribution is -0.354. The molecule has 3 heterocycles. The molecule has 7 N–H and O–H groups in total. The fraction of sp³-hybridized carbons (Fsp3) is 0.448. The highest BCUT2D eigenvalue weighted by atomic mass is 16.8. The number of esters is 1. The van der Waals surface area contributed by atoms with Crippen LogP contribution in [0.2, 0.25) is 0 Å². The molecule has 5 rings (SSSR count). The molecule has 2 saturated heterocycles. The highest BCUT2D eigenvalue weighted by Gasteiger charge is 2.51. The Kier molecular flexibility index (Phi) is 9.10. The number of hydrogen-bond acceptors (Lipinski definition) is 15. The Bertz CT molecular complexity index is 1540. The normalized spacial score (nSPS) is 32.3. The fourth-order valence-corrected chi connectivity index (χ4v) is 4.99. The average Bonchev–Trinajstić information content (AvgIpc) is 2.97. The van der Waals surface area contributed by atoms with Crippen molar-refractivity contribution in [2.45, 2.75) is 75.3 Å². The van der Waals surface area contributed by atoms with Crippen molar-refractivity contribution < 1.29 is 68.6 Å². The van der Waals surface area contributed by atoms with Gasteiger partial charge in [-0.1, -0.05) is 0 Å². The number of carbonyl (C=O) groups excluding carboxylic acids is 1. The van der Waals surface area contributed by atoms with Crippen molar-refractivity contribution in [3.63, 3.8) is 0 Å². The first-order valence-corrected chi connectivity index (χ1v) is 13.6. The molecule has 3 aromatic rings. The molecule has 0 saturated carbocycles. The first-order valence-electron chi connectivity index (χ1n) is 13.6. The highest BCUT2D eigenvalue weighted by Crippen LogP contribution is 2.36. The maximum absolute atomic E-state index is 13.3. The maximum atomic E-state index is 13.3. The lowest BCUT2D eigenvalue weighted by Crippen LogP contribution is -2.64. The van der Waals surface area contributed by atoms with Gasteiger partial charge in [-0.05, 0) is 31.2 Å². The molecule has 238 valence electrons. The van der Waals surface area contributed by atoms with E-state index in [0.29, 0.717) is 5.56 Å². The Morgan fingerprint density at radius 1 is 0.841 bits per heavy atom. The summed E-state index contributed by atoms with van der Waals surface area (Å²) in [4.78, 5) is 24.7. The third kappa shape index (κ3) is 6.36. The second-order valence-electron chi connectivity index (χ2n) is 10.6. The molecule has 10 atom stereocenters. The molecule has 0 bridgehead atoms. The van der Waals surface area contributed by atoms with E-state index in [1.54, 1.807) is 0 Å². The molecule has 44 heavy (non-hydrogen) atoms. The minimum atomic E-state index is -1.83. The maximum Gasteiger partial charge on any atom is 0.302 e. The van der Waals surface area contributed by atoms with Crippen molar-refractivity contribution in [1.82, 2.24) is 0 Å². The minimum absolute atomic E-state index is 0.0000698. The molecule has 15 heteroatoms. The van der Waals surface area contributed by atoms with Gasteiger partial charge in [0.1, 0.15) is 77.2 Å². The van der Waals surface area contributed by atoms with Crippen LogP contribution in [0.25, 0.3) is 22.3 Å². The molecular weight excluding hydrogens is 588 g/mol. The number of phenolic OH excluding ortho intramolecular Hbond substituents is 2. The molecule has 2 aliphatic heterocycles. The van der Waals surface area contributed by atoms with Crippen LogP contribution in [0.15, 0.2) is 51.7 Å². The number of rotatable bonds is 7. The number of benzene rings is 2. The van der Waals surface area contributed by atoms with E-state index in [4.69, 9.17) is 28.1 Å². The summed E-state index contributed by atoms with van der Waals surface area (Å²) in [5.41, 5.74) is -0.251. The van der Waals surface area contributed by atoms with Crippen molar-refractivity contribution in [1.29, 1.82) is 0 Å². The molecule has 0 unspecified atom stereocenters. The third-order valence-corrected chi connectivity index (χ3v) is 7.37. The lowest BCUT2D eigenvalue weighted by Gasteiger charge is -2.45. The number of aliphatic hydroxyl groups excluding tert-OH is 5. The molecular formula is C29H32O15. The number of ether oxygens (including phenoxy) is 5. The van der Waals surface area contributed by atoms with E-state index in [0.717, 1.165) is 19.1 Å². The van der Waals surface area contributed by atoms with Crippen LogP contribution in [0.5, 0.6) is 17.2 Å². The molecule has 0 spiro atoms. The summed E-state index contributed by atoms with van der Waals surface area (Å²) < 4.78 is 33.7. The Balaban J connectivity index is 1.51. The summed E-state index contributed by atoms with van der Waals surface area (Å²) in [6.45, 7) is 2.02. The zero-order chi connectivity index (χ0) is 31.9. The van der Waals surface area contributed by atoms with E-state index in [1.807, 2.05) is 0 Å². The molecule has 2 fully saturated rings. The van der Waals surface area contributed by atoms with Crippen LogP contribution in [0, 0.1) is 0 Å². The van der Waals surface area contributed by atoms with Gasteiger partial charge in [0.15, 0.2) is 17.8 Å². The van der Waals surface area contributed by atoms with Crippen LogP contribution in [0.4, 0.5) is 0 Å². The molecule has 0 radical (unpaired) electrons. The van der Waals surface area contributed by atoms with Crippen LogP contribution in [0.1, 0.15) is 13.8 Å². The number of fused-ring (bicyclic) bond motifs is 1. The summed E-state index contributed by atoms with van der Waals surface area (Å²) in [5, 5.41) is 72.5. The van der Waals surface area contributed by atoms with Crippen molar-refractivity contribution in [2.24, 2.45) is 0 Å². The van der Waals surface area contributed by atoms with Crippen molar-refractivity contribution in [3.8, 4) is 28.6 Å². The smallest absolute Gasteiger partial charge is 0.302 e. The number of phenols is 2. The average molecular weight is 621 g/mol. The van der Waals surface area contributed by atoms with Gasteiger partial charge in [0.25, 0.3) is 0 Å². The summed E-state index contributed by atoms with van der Waals surface area (Å²) in [6, 6.07) is 9.25. The number of aliphatic hydroxyl groups is 5. The fourth-order valence-electron chi connectivity index (χ4n) is 4.99. The predicted octanol–water partition coefficient (Wildman–Crippen LogP) is -0.528. The van der Waals surface area contributed by atoms with Crippen molar-refractivity contribution in [3.05, 3.63) is 52.7 Å². The van der Waals surface area contributed by atoms with Gasteiger partial charge in [-0.25, -0.2) is 0 Å². The Morgan fingerprint density at radius 3 is 2.23 bits per heavy atom.